The normalized spacial score (nSPS) is 13.9. The van der Waals surface area contributed by atoms with E-state index >= 15 is 0 Å². The van der Waals surface area contributed by atoms with E-state index in [1.807, 2.05) is 12.2 Å². The minimum absolute atomic E-state index is 1.09. The summed E-state index contributed by atoms with van der Waals surface area (Å²) in [6.45, 7) is 5.82. The lowest BCUT2D eigenvalue weighted by molar-refractivity contribution is 1.29. The van der Waals surface area contributed by atoms with E-state index in [1.165, 1.54) is 9.75 Å². The van der Waals surface area contributed by atoms with Gasteiger partial charge in [0.05, 0.1) is 0 Å². The second-order valence-electron chi connectivity index (χ2n) is 2.25. The third-order valence-electron chi connectivity index (χ3n) is 1.42. The van der Waals surface area contributed by atoms with Crippen LogP contribution in [0.25, 0.3) is 12.2 Å². The van der Waals surface area contributed by atoms with Crippen LogP contribution >= 0.6 is 11.3 Å². The summed E-state index contributed by atoms with van der Waals surface area (Å²) in [5.41, 5.74) is 0. The van der Waals surface area contributed by atoms with E-state index in [9.17, 15) is 0 Å². The van der Waals surface area contributed by atoms with Crippen molar-refractivity contribution in [3.8, 4) is 0 Å². The molecule has 0 nitrogen and oxygen atoms in total. The van der Waals surface area contributed by atoms with Crippen LogP contribution in [0.2, 0.25) is 0 Å². The van der Waals surface area contributed by atoms with E-state index < -0.39 is 0 Å². The minimum atomic E-state index is 1.09. The summed E-state index contributed by atoms with van der Waals surface area (Å²) in [6.07, 6.45) is 7.20. The molecule has 0 aliphatic carbocycles. The molecule has 0 fully saturated rings. The van der Waals surface area contributed by atoms with E-state index in [1.54, 1.807) is 11.3 Å². The number of thiophene rings is 1. The summed E-state index contributed by atoms with van der Waals surface area (Å²) < 4.78 is 1.31. The van der Waals surface area contributed by atoms with Crippen LogP contribution in [0.15, 0.2) is 24.1 Å². The molecule has 1 heteroatoms. The van der Waals surface area contributed by atoms with Gasteiger partial charge in [0.15, 0.2) is 0 Å². The second-order valence-corrected chi connectivity index (χ2v) is 3.20. The Morgan fingerprint density at radius 2 is 2.45 bits per heavy atom. The van der Waals surface area contributed by atoms with Gasteiger partial charge in [-0.15, -0.1) is 11.3 Å². The summed E-state index contributed by atoms with van der Waals surface area (Å²) in [7, 11) is 0. The molecule has 0 atom stereocenters. The third kappa shape index (κ3) is 2.05. The van der Waals surface area contributed by atoms with Crippen molar-refractivity contribution in [2.45, 2.75) is 13.3 Å². The van der Waals surface area contributed by atoms with Crippen LogP contribution in [-0.2, 0) is 0 Å². The van der Waals surface area contributed by atoms with E-state index in [0.29, 0.717) is 0 Å². The van der Waals surface area contributed by atoms with Crippen LogP contribution in [-0.4, -0.2) is 0 Å². The zero-order valence-corrected chi connectivity index (χ0v) is 7.53. The van der Waals surface area contributed by atoms with Gasteiger partial charge in [-0.1, -0.05) is 25.7 Å². The molecule has 0 unspecified atom stereocenters. The maximum absolute atomic E-state index is 3.67. The fourth-order valence-corrected chi connectivity index (χ4v) is 1.79. The maximum atomic E-state index is 3.67. The molecule has 0 amide bonds. The molecule has 1 aromatic heterocycles. The van der Waals surface area contributed by atoms with Crippen molar-refractivity contribution in [3.05, 3.63) is 33.9 Å². The summed E-state index contributed by atoms with van der Waals surface area (Å²) in [5, 5.41) is 3.44. The Balaban J connectivity index is 3.27. The minimum Gasteiger partial charge on any atom is -0.144 e. The first-order valence-electron chi connectivity index (χ1n) is 3.75. The Morgan fingerprint density at radius 3 is 3.09 bits per heavy atom. The predicted octanol–water partition coefficient (Wildman–Crippen LogP) is 1.91. The molecule has 11 heavy (non-hydrogen) atoms. The van der Waals surface area contributed by atoms with Gasteiger partial charge in [0.25, 0.3) is 0 Å². The SMILES string of the molecule is C=C/C=c1/scc/c1=C/CC. The summed E-state index contributed by atoms with van der Waals surface area (Å²) in [4.78, 5) is 0. The number of rotatable bonds is 2. The molecular weight excluding hydrogens is 152 g/mol. The van der Waals surface area contributed by atoms with Crippen LogP contribution < -0.4 is 9.75 Å². The Hall–Kier alpha value is -0.820. The molecule has 58 valence electrons. The van der Waals surface area contributed by atoms with Crippen molar-refractivity contribution in [1.29, 1.82) is 0 Å². The zero-order valence-electron chi connectivity index (χ0n) is 6.71. The molecular formula is C10H12S. The molecule has 0 radical (unpaired) electrons. The van der Waals surface area contributed by atoms with Gasteiger partial charge in [-0.3, -0.25) is 0 Å². The molecule has 1 heterocycles. The average molecular weight is 164 g/mol. The largest absolute Gasteiger partial charge is 0.144 e. The van der Waals surface area contributed by atoms with Crippen LogP contribution in [0.1, 0.15) is 13.3 Å². The Bertz CT molecular complexity index is 330. The standard InChI is InChI=1S/C10H12S/c1-3-5-9-7-8-11-10(9)6-4-2/h4-8H,2-3H2,1H3/b9-5-,10-6+. The quantitative estimate of drug-likeness (QED) is 0.626. The Labute approximate surface area is 71.2 Å². The van der Waals surface area contributed by atoms with Gasteiger partial charge >= 0.3 is 0 Å². The highest BCUT2D eigenvalue weighted by molar-refractivity contribution is 7.07. The third-order valence-corrected chi connectivity index (χ3v) is 2.32. The molecule has 0 aliphatic rings. The highest BCUT2D eigenvalue weighted by Crippen LogP contribution is 1.83. The van der Waals surface area contributed by atoms with Gasteiger partial charge in [-0.25, -0.2) is 0 Å². The highest BCUT2D eigenvalue weighted by Gasteiger charge is 1.82. The average Bonchev–Trinajstić information content (AvgIpc) is 2.39. The van der Waals surface area contributed by atoms with Gasteiger partial charge in [-0.05, 0) is 29.2 Å². The molecule has 1 rings (SSSR count). The van der Waals surface area contributed by atoms with Gasteiger partial charge in [0.1, 0.15) is 0 Å². The number of allylic oxidation sites excluding steroid dienone is 1. The molecule has 0 aromatic carbocycles. The summed E-state index contributed by atoms with van der Waals surface area (Å²) >= 11 is 1.76. The van der Waals surface area contributed by atoms with Crippen LogP contribution in [0, 0.1) is 0 Å². The van der Waals surface area contributed by atoms with Crippen molar-refractivity contribution < 1.29 is 0 Å². The van der Waals surface area contributed by atoms with Gasteiger partial charge in [-0.2, -0.15) is 0 Å². The van der Waals surface area contributed by atoms with Crippen molar-refractivity contribution in [1.82, 2.24) is 0 Å². The fourth-order valence-electron chi connectivity index (χ4n) is 0.962. The molecule has 0 aliphatic heterocycles. The van der Waals surface area contributed by atoms with Crippen LogP contribution in [0.4, 0.5) is 0 Å². The lowest BCUT2D eigenvalue weighted by atomic mass is 10.3. The van der Waals surface area contributed by atoms with Gasteiger partial charge < -0.3 is 0 Å². The molecule has 0 bridgehead atoms. The van der Waals surface area contributed by atoms with Crippen molar-refractivity contribution in [3.63, 3.8) is 0 Å². The van der Waals surface area contributed by atoms with Crippen molar-refractivity contribution >= 4 is 23.5 Å². The van der Waals surface area contributed by atoms with E-state index in [4.69, 9.17) is 0 Å². The monoisotopic (exact) mass is 164 g/mol. The highest BCUT2D eigenvalue weighted by atomic mass is 32.1. The first kappa shape index (κ1) is 8.28. The fraction of sp³-hybridized carbons (Fsp3) is 0.200. The topological polar surface area (TPSA) is 0 Å². The van der Waals surface area contributed by atoms with Crippen molar-refractivity contribution in [2.24, 2.45) is 0 Å². The molecule has 0 saturated carbocycles. The maximum Gasteiger partial charge on any atom is 0.0339 e. The van der Waals surface area contributed by atoms with Crippen LogP contribution in [0.5, 0.6) is 0 Å². The van der Waals surface area contributed by atoms with E-state index in [2.05, 4.69) is 31.0 Å². The summed E-state index contributed by atoms with van der Waals surface area (Å²) in [6, 6.07) is 2.14. The zero-order chi connectivity index (χ0) is 8.10. The lowest BCUT2D eigenvalue weighted by Gasteiger charge is -1.76. The summed E-state index contributed by atoms with van der Waals surface area (Å²) in [5.74, 6) is 0. The Kier molecular flexibility index (Phi) is 3.12. The van der Waals surface area contributed by atoms with E-state index in [0.717, 1.165) is 6.42 Å². The number of hydrogen-bond donors (Lipinski definition) is 0. The molecule has 1 aromatic rings. The second kappa shape index (κ2) is 4.14. The Morgan fingerprint density at radius 1 is 1.64 bits per heavy atom. The lowest BCUT2D eigenvalue weighted by Crippen LogP contribution is -2.16. The van der Waals surface area contributed by atoms with E-state index in [-0.39, 0.29) is 0 Å². The smallest absolute Gasteiger partial charge is 0.0339 e. The molecule has 0 N–H and O–H groups in total. The first-order chi connectivity index (χ1) is 5.38. The van der Waals surface area contributed by atoms with Gasteiger partial charge in [0, 0.05) is 4.53 Å². The van der Waals surface area contributed by atoms with Crippen molar-refractivity contribution in [2.75, 3.05) is 0 Å². The molecule has 0 saturated heterocycles. The van der Waals surface area contributed by atoms with Gasteiger partial charge in [0.2, 0.25) is 0 Å². The van der Waals surface area contributed by atoms with Crippen LogP contribution in [0.3, 0.4) is 0 Å². The first-order valence-corrected chi connectivity index (χ1v) is 4.63. The molecule has 0 spiro atoms. The predicted molar refractivity (Wildman–Crippen MR) is 53.0 cm³/mol. The number of hydrogen-bond acceptors (Lipinski definition) is 1.